The van der Waals surface area contributed by atoms with Crippen molar-refractivity contribution < 1.29 is 9.32 Å². The molecule has 0 bridgehead atoms. The van der Waals surface area contributed by atoms with Crippen LogP contribution in [0.25, 0.3) is 11.5 Å². The Bertz CT molecular complexity index is 751. The van der Waals surface area contributed by atoms with Crippen LogP contribution in [0.4, 0.5) is 5.69 Å². The van der Waals surface area contributed by atoms with Crippen molar-refractivity contribution >= 4 is 23.2 Å². The van der Waals surface area contributed by atoms with Crippen molar-refractivity contribution in [3.8, 4) is 11.5 Å². The second kappa shape index (κ2) is 6.53. The van der Waals surface area contributed by atoms with Crippen LogP contribution in [0.2, 0.25) is 5.02 Å². The van der Waals surface area contributed by atoms with Crippen LogP contribution in [-0.4, -0.2) is 16.0 Å². The molecule has 0 spiro atoms. The molecule has 1 saturated carbocycles. The van der Waals surface area contributed by atoms with Crippen molar-refractivity contribution in [2.24, 2.45) is 11.7 Å². The molecule has 1 heterocycles. The molecule has 1 aliphatic carbocycles. The predicted molar refractivity (Wildman–Crippen MR) is 92.5 cm³/mol. The average molecular weight is 349 g/mol. The molecule has 3 rings (SSSR count). The average Bonchev–Trinajstić information content (AvgIpc) is 3.19. The van der Waals surface area contributed by atoms with Crippen LogP contribution in [0.3, 0.4) is 0 Å². The third kappa shape index (κ3) is 3.30. The summed E-state index contributed by atoms with van der Waals surface area (Å²) in [6.45, 7) is 3.66. The summed E-state index contributed by atoms with van der Waals surface area (Å²) in [4.78, 5) is 16.3. The SMILES string of the molecule is CC(C)C(=O)Nc1ccc(Cl)c(-c2nc(C3(N)CCCC3)no2)c1. The van der Waals surface area contributed by atoms with Gasteiger partial charge in [0.05, 0.1) is 16.1 Å². The second-order valence-corrected chi connectivity index (χ2v) is 7.03. The summed E-state index contributed by atoms with van der Waals surface area (Å²) in [5.41, 5.74) is 7.07. The number of nitrogens with two attached hydrogens (primary N) is 1. The van der Waals surface area contributed by atoms with Crippen molar-refractivity contribution in [3.05, 3.63) is 29.0 Å². The van der Waals surface area contributed by atoms with Gasteiger partial charge in [-0.15, -0.1) is 0 Å². The summed E-state index contributed by atoms with van der Waals surface area (Å²) in [7, 11) is 0. The number of carbonyl (C=O) groups excluding carboxylic acids is 1. The number of halogens is 1. The maximum Gasteiger partial charge on any atom is 0.259 e. The van der Waals surface area contributed by atoms with Crippen LogP contribution >= 0.6 is 11.6 Å². The zero-order chi connectivity index (χ0) is 17.3. The number of hydrogen-bond acceptors (Lipinski definition) is 5. The van der Waals surface area contributed by atoms with Gasteiger partial charge in [-0.05, 0) is 31.0 Å². The van der Waals surface area contributed by atoms with E-state index in [1.165, 1.54) is 0 Å². The summed E-state index contributed by atoms with van der Waals surface area (Å²) < 4.78 is 5.38. The van der Waals surface area contributed by atoms with Gasteiger partial charge in [-0.1, -0.05) is 43.4 Å². The first-order chi connectivity index (χ1) is 11.4. The molecular weight excluding hydrogens is 328 g/mol. The first kappa shape index (κ1) is 16.9. The Balaban J connectivity index is 1.89. The van der Waals surface area contributed by atoms with E-state index in [0.29, 0.717) is 28.0 Å². The zero-order valence-electron chi connectivity index (χ0n) is 13.8. The maximum atomic E-state index is 11.9. The van der Waals surface area contributed by atoms with Crippen molar-refractivity contribution in [3.63, 3.8) is 0 Å². The maximum absolute atomic E-state index is 11.9. The lowest BCUT2D eigenvalue weighted by Gasteiger charge is -2.17. The molecule has 3 N–H and O–H groups in total. The van der Waals surface area contributed by atoms with Crippen LogP contribution in [-0.2, 0) is 10.3 Å². The fraction of sp³-hybridized carbons (Fsp3) is 0.471. The number of rotatable bonds is 4. The van der Waals surface area contributed by atoms with E-state index >= 15 is 0 Å². The summed E-state index contributed by atoms with van der Waals surface area (Å²) in [6.07, 6.45) is 3.84. The molecule has 6 nitrogen and oxygen atoms in total. The number of carbonyl (C=O) groups is 1. The number of amides is 1. The van der Waals surface area contributed by atoms with E-state index in [1.54, 1.807) is 18.2 Å². The van der Waals surface area contributed by atoms with E-state index in [0.717, 1.165) is 25.7 Å². The Kier molecular flexibility index (Phi) is 4.60. The fourth-order valence-corrected chi connectivity index (χ4v) is 3.02. The van der Waals surface area contributed by atoms with Crippen LogP contribution in [0.5, 0.6) is 0 Å². The molecule has 1 amide bonds. The van der Waals surface area contributed by atoms with Gasteiger partial charge < -0.3 is 15.6 Å². The summed E-state index contributed by atoms with van der Waals surface area (Å²) in [6, 6.07) is 5.17. The molecule has 1 aromatic heterocycles. The highest BCUT2D eigenvalue weighted by Crippen LogP contribution is 2.36. The highest BCUT2D eigenvalue weighted by Gasteiger charge is 2.36. The minimum absolute atomic E-state index is 0.0682. The number of nitrogens with one attached hydrogen (secondary N) is 1. The Labute approximate surface area is 145 Å². The molecule has 24 heavy (non-hydrogen) atoms. The minimum atomic E-state index is -0.516. The summed E-state index contributed by atoms with van der Waals surface area (Å²) in [5, 5.41) is 7.36. The number of aromatic nitrogens is 2. The summed E-state index contributed by atoms with van der Waals surface area (Å²) in [5.74, 6) is 0.648. The van der Waals surface area contributed by atoms with Gasteiger partial charge in [-0.2, -0.15) is 4.98 Å². The van der Waals surface area contributed by atoms with Gasteiger partial charge in [0, 0.05) is 11.6 Å². The fourth-order valence-electron chi connectivity index (χ4n) is 2.82. The molecule has 128 valence electrons. The first-order valence-electron chi connectivity index (χ1n) is 8.13. The van der Waals surface area contributed by atoms with E-state index in [1.807, 2.05) is 13.8 Å². The molecule has 0 atom stereocenters. The first-order valence-corrected chi connectivity index (χ1v) is 8.51. The molecule has 0 unspecified atom stereocenters. The quantitative estimate of drug-likeness (QED) is 0.878. The van der Waals surface area contributed by atoms with Crippen LogP contribution in [0.1, 0.15) is 45.4 Å². The van der Waals surface area contributed by atoms with E-state index in [9.17, 15) is 4.79 Å². The normalized spacial score (nSPS) is 16.5. The van der Waals surface area contributed by atoms with Crippen molar-refractivity contribution in [1.29, 1.82) is 0 Å². The van der Waals surface area contributed by atoms with E-state index < -0.39 is 5.54 Å². The monoisotopic (exact) mass is 348 g/mol. The van der Waals surface area contributed by atoms with Crippen molar-refractivity contribution in [2.45, 2.75) is 45.1 Å². The number of anilines is 1. The Morgan fingerprint density at radius 3 is 2.75 bits per heavy atom. The second-order valence-electron chi connectivity index (χ2n) is 6.62. The van der Waals surface area contributed by atoms with Crippen LogP contribution < -0.4 is 11.1 Å². The topological polar surface area (TPSA) is 94.0 Å². The van der Waals surface area contributed by atoms with Crippen molar-refractivity contribution in [1.82, 2.24) is 10.1 Å². The standard InChI is InChI=1S/C17H21ClN4O2/c1-10(2)14(23)20-11-5-6-13(18)12(9-11)15-21-16(22-24-15)17(19)7-3-4-8-17/h5-6,9-10H,3-4,7-8,19H2,1-2H3,(H,20,23). The molecule has 1 aromatic carbocycles. The third-order valence-corrected chi connectivity index (χ3v) is 4.69. The molecular formula is C17H21ClN4O2. The molecule has 1 aliphatic rings. The Hall–Kier alpha value is -1.92. The van der Waals surface area contributed by atoms with Crippen LogP contribution in [0, 0.1) is 5.92 Å². The van der Waals surface area contributed by atoms with Gasteiger partial charge in [0.25, 0.3) is 5.89 Å². The molecule has 7 heteroatoms. The predicted octanol–water partition coefficient (Wildman–Crippen LogP) is 3.71. The highest BCUT2D eigenvalue weighted by molar-refractivity contribution is 6.33. The van der Waals surface area contributed by atoms with E-state index in [-0.39, 0.29) is 11.8 Å². The Morgan fingerprint density at radius 1 is 1.38 bits per heavy atom. The van der Waals surface area contributed by atoms with Gasteiger partial charge in [0.15, 0.2) is 5.82 Å². The molecule has 0 aliphatic heterocycles. The number of nitrogens with zero attached hydrogens (tertiary/aromatic N) is 2. The van der Waals surface area contributed by atoms with Gasteiger partial charge in [-0.25, -0.2) is 0 Å². The molecule has 2 aromatic rings. The zero-order valence-corrected chi connectivity index (χ0v) is 14.6. The molecule has 1 fully saturated rings. The smallest absolute Gasteiger partial charge is 0.259 e. The van der Waals surface area contributed by atoms with Gasteiger partial charge >= 0.3 is 0 Å². The summed E-state index contributed by atoms with van der Waals surface area (Å²) >= 11 is 6.26. The lowest BCUT2D eigenvalue weighted by Crippen LogP contribution is -2.34. The largest absolute Gasteiger partial charge is 0.334 e. The number of benzene rings is 1. The van der Waals surface area contributed by atoms with Gasteiger partial charge in [0.1, 0.15) is 0 Å². The van der Waals surface area contributed by atoms with Gasteiger partial charge in [0.2, 0.25) is 5.91 Å². The highest BCUT2D eigenvalue weighted by atomic mass is 35.5. The third-order valence-electron chi connectivity index (χ3n) is 4.36. The Morgan fingerprint density at radius 2 is 2.08 bits per heavy atom. The van der Waals surface area contributed by atoms with Crippen molar-refractivity contribution in [2.75, 3.05) is 5.32 Å². The van der Waals surface area contributed by atoms with E-state index in [4.69, 9.17) is 21.9 Å². The minimum Gasteiger partial charge on any atom is -0.334 e. The van der Waals surface area contributed by atoms with Crippen LogP contribution in [0.15, 0.2) is 22.7 Å². The lowest BCUT2D eigenvalue weighted by molar-refractivity contribution is -0.118. The van der Waals surface area contributed by atoms with E-state index in [2.05, 4.69) is 15.5 Å². The molecule has 0 saturated heterocycles. The number of hydrogen-bond donors (Lipinski definition) is 2. The van der Waals surface area contributed by atoms with Gasteiger partial charge in [-0.3, -0.25) is 4.79 Å². The lowest BCUT2D eigenvalue weighted by atomic mass is 9.99. The molecule has 0 radical (unpaired) electrons.